The van der Waals surface area contributed by atoms with Crippen LogP contribution in [-0.4, -0.2) is 27.3 Å². The Morgan fingerprint density at radius 3 is 1.46 bits per heavy atom. The first-order valence-corrected chi connectivity index (χ1v) is 18.7. The number of carbonyl (C=O) groups excluding carboxylic acids is 1. The highest BCUT2D eigenvalue weighted by molar-refractivity contribution is 6.77. The van der Waals surface area contributed by atoms with Crippen LogP contribution in [0.15, 0.2) is 30.3 Å². The van der Waals surface area contributed by atoms with Gasteiger partial charge in [-0.2, -0.15) is 0 Å². The van der Waals surface area contributed by atoms with Crippen LogP contribution in [0.3, 0.4) is 0 Å². The van der Waals surface area contributed by atoms with E-state index in [1.54, 1.807) is 0 Å². The van der Waals surface area contributed by atoms with Gasteiger partial charge >= 0.3 is 0 Å². The molecule has 0 atom stereocenters. The van der Waals surface area contributed by atoms with E-state index in [9.17, 15) is 4.79 Å². The molecule has 0 amide bonds. The van der Waals surface area contributed by atoms with Crippen molar-refractivity contribution in [1.82, 2.24) is 0 Å². The van der Waals surface area contributed by atoms with E-state index in [0.29, 0.717) is 22.4 Å². The van der Waals surface area contributed by atoms with Gasteiger partial charge in [-0.1, -0.05) is 136 Å². The molecule has 0 radical (unpaired) electrons. The minimum atomic E-state index is -1.69. The number of hydrogen-bond acceptors (Lipinski definition) is 3. The van der Waals surface area contributed by atoms with E-state index in [-0.39, 0.29) is 0 Å². The lowest BCUT2D eigenvalue weighted by Gasteiger charge is -2.42. The van der Waals surface area contributed by atoms with Crippen LogP contribution in [0, 0.1) is 0 Å². The smallest absolute Gasteiger partial charge is 0.200 e. The number of ketones is 1. The van der Waals surface area contributed by atoms with Gasteiger partial charge in [-0.15, -0.1) is 0 Å². The molecule has 39 heavy (non-hydrogen) atoms. The van der Waals surface area contributed by atoms with Gasteiger partial charge in [-0.05, 0) is 47.9 Å². The van der Waals surface area contributed by atoms with Crippen molar-refractivity contribution < 1.29 is 14.0 Å². The lowest BCUT2D eigenvalue weighted by atomic mass is 10.0. The fourth-order valence-electron chi connectivity index (χ4n) is 6.36. The van der Waals surface area contributed by atoms with E-state index in [1.165, 1.54) is 76.2 Å². The summed E-state index contributed by atoms with van der Waals surface area (Å²) in [6.45, 7) is 16.7. The molecule has 0 bridgehead atoms. The third kappa shape index (κ3) is 16.2. The zero-order chi connectivity index (χ0) is 28.8. The van der Waals surface area contributed by atoms with Crippen molar-refractivity contribution in [1.29, 1.82) is 0 Å². The number of carbonyl (C=O) groups is 1. The third-order valence-corrected chi connectivity index (χ3v) is 14.6. The maximum atomic E-state index is 12.2. The van der Waals surface area contributed by atoms with Crippen LogP contribution in [0.2, 0.25) is 16.6 Å². The number of hydrogen-bond donors (Lipinski definition) is 0. The summed E-state index contributed by atoms with van der Waals surface area (Å²) in [5.41, 5.74) is 3.28. The largest absolute Gasteiger partial charge is 0.416 e. The molecule has 226 valence electrons. The highest BCUT2D eigenvalue weighted by Crippen LogP contribution is 2.42. The standard InChI is InChI=1S/C35H64O3Si/c1-31(2)39(32(3)4,33(5)6)38-29-23-16-11-8-7-9-13-20-26-35(36)27-21-14-10-12-15-22-28-37-30-34-24-18-17-19-25-34/h17-19,24-25,31-33H,7-16,20-23,26-30H2,1-6H3. The van der Waals surface area contributed by atoms with Crippen molar-refractivity contribution in [2.75, 3.05) is 13.2 Å². The van der Waals surface area contributed by atoms with Crippen LogP contribution in [0.4, 0.5) is 0 Å². The summed E-state index contributed by atoms with van der Waals surface area (Å²) in [6.07, 6.45) is 18.8. The van der Waals surface area contributed by atoms with E-state index in [2.05, 4.69) is 65.8 Å². The average Bonchev–Trinajstić information content (AvgIpc) is 2.90. The zero-order valence-corrected chi connectivity index (χ0v) is 27.8. The van der Waals surface area contributed by atoms with Gasteiger partial charge in [0.1, 0.15) is 5.78 Å². The Hall–Kier alpha value is -0.973. The minimum Gasteiger partial charge on any atom is -0.416 e. The van der Waals surface area contributed by atoms with Crippen LogP contribution in [0.5, 0.6) is 0 Å². The quantitative estimate of drug-likeness (QED) is 0.0834. The summed E-state index contributed by atoms with van der Waals surface area (Å²) < 4.78 is 12.4. The normalized spacial score (nSPS) is 12.2. The second-order valence-corrected chi connectivity index (χ2v) is 18.2. The van der Waals surface area contributed by atoms with E-state index in [4.69, 9.17) is 9.16 Å². The van der Waals surface area contributed by atoms with Crippen LogP contribution in [0.25, 0.3) is 0 Å². The Morgan fingerprint density at radius 2 is 1.00 bits per heavy atom. The van der Waals surface area contributed by atoms with E-state index in [0.717, 1.165) is 51.9 Å². The summed E-state index contributed by atoms with van der Waals surface area (Å²) in [6, 6.07) is 10.4. The predicted octanol–water partition coefficient (Wildman–Crippen LogP) is 11.2. The Morgan fingerprint density at radius 1 is 0.590 bits per heavy atom. The number of unbranched alkanes of at least 4 members (excludes halogenated alkanes) is 12. The monoisotopic (exact) mass is 560 g/mol. The van der Waals surface area contributed by atoms with E-state index in [1.807, 2.05) is 6.07 Å². The van der Waals surface area contributed by atoms with E-state index >= 15 is 0 Å². The molecule has 0 aliphatic heterocycles. The summed E-state index contributed by atoms with van der Waals surface area (Å²) in [4.78, 5) is 12.2. The van der Waals surface area contributed by atoms with Gasteiger partial charge in [0.25, 0.3) is 0 Å². The molecule has 1 rings (SSSR count). The maximum Gasteiger partial charge on any atom is 0.200 e. The van der Waals surface area contributed by atoms with Gasteiger partial charge in [0, 0.05) is 26.1 Å². The average molecular weight is 561 g/mol. The van der Waals surface area contributed by atoms with Gasteiger partial charge < -0.3 is 9.16 Å². The van der Waals surface area contributed by atoms with Crippen molar-refractivity contribution in [3.63, 3.8) is 0 Å². The van der Waals surface area contributed by atoms with Crippen LogP contribution < -0.4 is 0 Å². The lowest BCUT2D eigenvalue weighted by molar-refractivity contribution is -0.119. The first-order chi connectivity index (χ1) is 18.8. The first kappa shape index (κ1) is 36.1. The van der Waals surface area contributed by atoms with Crippen LogP contribution in [0.1, 0.15) is 150 Å². The topological polar surface area (TPSA) is 35.5 Å². The molecule has 0 N–H and O–H groups in total. The molecular formula is C35H64O3Si. The molecular weight excluding hydrogens is 496 g/mol. The molecule has 1 aromatic carbocycles. The third-order valence-electron chi connectivity index (χ3n) is 8.51. The maximum absolute atomic E-state index is 12.2. The van der Waals surface area contributed by atoms with E-state index < -0.39 is 8.32 Å². The summed E-state index contributed by atoms with van der Waals surface area (Å²) in [7, 11) is -1.69. The fourth-order valence-corrected chi connectivity index (χ4v) is 11.9. The van der Waals surface area contributed by atoms with Crippen molar-refractivity contribution in [3.8, 4) is 0 Å². The molecule has 1 aromatic rings. The van der Waals surface area contributed by atoms with Gasteiger partial charge in [0.15, 0.2) is 8.32 Å². The van der Waals surface area contributed by atoms with Crippen molar-refractivity contribution >= 4 is 14.1 Å². The SMILES string of the molecule is CC(C)[Si](OCCCCCCCCCCC(=O)CCCCCCCCOCc1ccccc1)(C(C)C)C(C)C. The minimum absolute atomic E-state index is 0.480. The highest BCUT2D eigenvalue weighted by Gasteiger charge is 2.44. The number of ether oxygens (including phenoxy) is 1. The Kier molecular flexibility index (Phi) is 21.0. The molecule has 3 nitrogen and oxygen atoms in total. The van der Waals surface area contributed by atoms with Gasteiger partial charge in [-0.3, -0.25) is 4.79 Å². The molecule has 0 aliphatic rings. The lowest BCUT2D eigenvalue weighted by Crippen LogP contribution is -2.47. The Bertz CT molecular complexity index is 679. The Balaban J connectivity index is 1.86. The zero-order valence-electron chi connectivity index (χ0n) is 26.8. The van der Waals surface area contributed by atoms with Crippen LogP contribution >= 0.6 is 0 Å². The molecule has 0 spiro atoms. The Labute approximate surface area is 244 Å². The molecule has 0 unspecified atom stereocenters. The van der Waals surface area contributed by atoms with Crippen molar-refractivity contribution in [2.24, 2.45) is 0 Å². The number of rotatable bonds is 26. The summed E-state index contributed by atoms with van der Waals surface area (Å²) in [5.74, 6) is 0.480. The molecule has 0 saturated carbocycles. The number of benzene rings is 1. The second-order valence-electron chi connectivity index (χ2n) is 12.7. The van der Waals surface area contributed by atoms with Gasteiger partial charge in [0.2, 0.25) is 0 Å². The highest BCUT2D eigenvalue weighted by atomic mass is 28.4. The second kappa shape index (κ2) is 22.7. The molecule has 0 heterocycles. The van der Waals surface area contributed by atoms with Crippen molar-refractivity contribution in [2.45, 2.75) is 168 Å². The summed E-state index contributed by atoms with van der Waals surface area (Å²) >= 11 is 0. The first-order valence-electron chi connectivity index (χ1n) is 16.6. The molecule has 0 saturated heterocycles. The molecule has 0 fully saturated rings. The predicted molar refractivity (Wildman–Crippen MR) is 172 cm³/mol. The molecule has 0 aromatic heterocycles. The van der Waals surface area contributed by atoms with Crippen molar-refractivity contribution in [3.05, 3.63) is 35.9 Å². The fraction of sp³-hybridized carbons (Fsp3) is 0.800. The van der Waals surface area contributed by atoms with Crippen LogP contribution in [-0.2, 0) is 20.6 Å². The summed E-state index contributed by atoms with van der Waals surface area (Å²) in [5, 5.41) is 0. The van der Waals surface area contributed by atoms with Gasteiger partial charge in [-0.25, -0.2) is 0 Å². The number of Topliss-reactive ketones (excluding diaryl/α,β-unsaturated/α-hetero) is 1. The van der Waals surface area contributed by atoms with Gasteiger partial charge in [0.05, 0.1) is 6.61 Å². The molecule has 4 heteroatoms. The molecule has 0 aliphatic carbocycles.